The normalized spacial score (nSPS) is 14.3. The molecule has 0 rings (SSSR count). The molecule has 9 heteroatoms. The minimum atomic E-state index is -4.54. The average Bonchev–Trinajstić information content (AvgIpc) is 3.11. The zero-order chi connectivity index (χ0) is 39.1. The maximum Gasteiger partial charge on any atom is 0.306 e. The number of hydrogen-bond donors (Lipinski definition) is 0. The van der Waals surface area contributed by atoms with E-state index in [0.717, 1.165) is 38.5 Å². The van der Waals surface area contributed by atoms with Crippen LogP contribution in [-0.4, -0.2) is 70.7 Å². The lowest BCUT2D eigenvalue weighted by Crippen LogP contribution is -2.37. The van der Waals surface area contributed by atoms with Crippen LogP contribution in [-0.2, 0) is 27.9 Å². The van der Waals surface area contributed by atoms with Crippen LogP contribution < -0.4 is 4.89 Å². The molecule has 0 aliphatic rings. The summed E-state index contributed by atoms with van der Waals surface area (Å²) in [4.78, 5) is 24.9. The third kappa shape index (κ3) is 41.5. The maximum atomic E-state index is 12.6. The van der Waals surface area contributed by atoms with E-state index in [1.54, 1.807) is 0 Å². The topological polar surface area (TPSA) is 94.1 Å². The van der Waals surface area contributed by atoms with Gasteiger partial charge in [-0.1, -0.05) is 172 Å². The Labute approximate surface area is 327 Å². The van der Waals surface area contributed by atoms with Crippen molar-refractivity contribution < 1.29 is 37.3 Å². The van der Waals surface area contributed by atoms with Gasteiger partial charge in [-0.3, -0.25) is 9.36 Å². The molecule has 0 spiro atoms. The monoisotopic (exact) mass is 768 g/mol. The van der Waals surface area contributed by atoms with Gasteiger partial charge >= 0.3 is 5.97 Å². The molecule has 0 saturated carbocycles. The van der Waals surface area contributed by atoms with Crippen LogP contribution in [0.2, 0.25) is 0 Å². The van der Waals surface area contributed by atoms with Crippen LogP contribution in [0.5, 0.6) is 0 Å². The SMILES string of the molecule is CC/C=C\C/C=C\C/C=C\C/C=C\CCC(=O)OC(COCCCCCCCCCCCCCCCCCCCC)COP(=O)([O-])OCC[N+](C)(C)C. The van der Waals surface area contributed by atoms with Gasteiger partial charge in [-0.25, -0.2) is 0 Å². The molecule has 2 atom stereocenters. The first-order valence-corrected chi connectivity index (χ1v) is 22.8. The van der Waals surface area contributed by atoms with Crippen LogP contribution in [0.15, 0.2) is 48.6 Å². The fraction of sp³-hybridized carbons (Fsp3) is 0.795. The van der Waals surface area contributed by atoms with Crippen molar-refractivity contribution in [3.63, 3.8) is 0 Å². The Morgan fingerprint density at radius 3 is 1.53 bits per heavy atom. The van der Waals surface area contributed by atoms with Crippen LogP contribution >= 0.6 is 7.82 Å². The number of quaternary nitrogens is 1. The van der Waals surface area contributed by atoms with E-state index in [2.05, 4.69) is 50.3 Å². The van der Waals surface area contributed by atoms with Gasteiger partial charge in [0.1, 0.15) is 19.3 Å². The van der Waals surface area contributed by atoms with Crippen molar-refractivity contribution in [2.75, 3.05) is 54.1 Å². The van der Waals surface area contributed by atoms with E-state index in [9.17, 15) is 14.3 Å². The van der Waals surface area contributed by atoms with Crippen molar-refractivity contribution in [3.05, 3.63) is 48.6 Å². The molecule has 0 N–H and O–H groups in total. The Kier molecular flexibility index (Phi) is 36.3. The van der Waals surface area contributed by atoms with Crippen molar-refractivity contribution in [2.24, 2.45) is 0 Å². The summed E-state index contributed by atoms with van der Waals surface area (Å²) in [5.41, 5.74) is 0. The molecule has 0 aromatic heterocycles. The zero-order valence-electron chi connectivity index (χ0n) is 35.0. The molecular formula is C44H82NO7P. The molecule has 0 aromatic rings. The molecule has 0 heterocycles. The quantitative estimate of drug-likeness (QED) is 0.0202. The summed E-state index contributed by atoms with van der Waals surface area (Å²) in [5.74, 6) is -0.412. The number of likely N-dealkylation sites (N-methyl/N-ethyl adjacent to an activating group) is 1. The van der Waals surface area contributed by atoms with E-state index in [1.165, 1.54) is 103 Å². The molecule has 0 aromatic carbocycles. The second-order valence-electron chi connectivity index (χ2n) is 15.3. The fourth-order valence-corrected chi connectivity index (χ4v) is 6.35. The lowest BCUT2D eigenvalue weighted by atomic mass is 10.0. The van der Waals surface area contributed by atoms with Crippen LogP contribution in [0.3, 0.4) is 0 Å². The van der Waals surface area contributed by atoms with Gasteiger partial charge in [0.05, 0.1) is 34.4 Å². The Morgan fingerprint density at radius 2 is 1.06 bits per heavy atom. The first-order valence-electron chi connectivity index (χ1n) is 21.4. The highest BCUT2D eigenvalue weighted by molar-refractivity contribution is 7.45. The van der Waals surface area contributed by atoms with Crippen molar-refractivity contribution >= 4 is 13.8 Å². The summed E-state index contributed by atoms with van der Waals surface area (Å²) in [6.07, 6.45) is 44.3. The molecule has 0 amide bonds. The average molecular weight is 768 g/mol. The number of allylic oxidation sites excluding steroid dienone is 8. The van der Waals surface area contributed by atoms with E-state index in [0.29, 0.717) is 24.1 Å². The van der Waals surface area contributed by atoms with Gasteiger partial charge in [0, 0.05) is 13.0 Å². The summed E-state index contributed by atoms with van der Waals surface area (Å²) in [6.45, 7) is 5.20. The highest BCUT2D eigenvalue weighted by Gasteiger charge is 2.20. The van der Waals surface area contributed by atoms with Gasteiger partial charge in [-0.15, -0.1) is 0 Å². The molecule has 0 aliphatic heterocycles. The fourth-order valence-electron chi connectivity index (χ4n) is 5.62. The molecular weight excluding hydrogens is 685 g/mol. The number of esters is 1. The van der Waals surface area contributed by atoms with Crippen molar-refractivity contribution in [2.45, 2.75) is 174 Å². The molecule has 0 aliphatic carbocycles. The van der Waals surface area contributed by atoms with Crippen LogP contribution in [0, 0.1) is 0 Å². The molecule has 53 heavy (non-hydrogen) atoms. The Hall–Kier alpha value is -1.54. The molecule has 0 fully saturated rings. The summed E-state index contributed by atoms with van der Waals surface area (Å²) in [7, 11) is 1.31. The molecule has 0 radical (unpaired) electrons. The van der Waals surface area contributed by atoms with Crippen molar-refractivity contribution in [3.8, 4) is 0 Å². The Morgan fingerprint density at radius 1 is 0.604 bits per heavy atom. The Balaban J connectivity index is 4.28. The number of rotatable bonds is 39. The van der Waals surface area contributed by atoms with Crippen LogP contribution in [0.1, 0.15) is 168 Å². The minimum absolute atomic E-state index is 0.0134. The second kappa shape index (κ2) is 37.4. The standard InChI is InChI=1S/C44H82NO7P/c1-6-8-10-12-14-16-18-20-21-22-23-24-26-28-30-32-34-36-39-49-41-43(42-51-53(47,48)50-40-38-45(3,4)5)52-44(46)37-35-33-31-29-27-25-19-17-15-13-11-9-7-2/h9,11,15,17,25,27,31,33,43H,6-8,10,12-14,16,18-24,26,28-30,32,34-42H2,1-5H3/b11-9-,17-15-,27-25-,33-31-. The smallest absolute Gasteiger partial charge is 0.306 e. The minimum Gasteiger partial charge on any atom is -0.756 e. The van der Waals surface area contributed by atoms with E-state index in [4.69, 9.17) is 18.5 Å². The van der Waals surface area contributed by atoms with E-state index < -0.39 is 19.9 Å². The van der Waals surface area contributed by atoms with Gasteiger partial charge in [0.2, 0.25) is 0 Å². The highest BCUT2D eigenvalue weighted by atomic mass is 31.2. The molecule has 0 bridgehead atoms. The van der Waals surface area contributed by atoms with Crippen LogP contribution in [0.25, 0.3) is 0 Å². The highest BCUT2D eigenvalue weighted by Crippen LogP contribution is 2.38. The number of phosphoric acid groups is 1. The number of ether oxygens (including phenoxy) is 2. The summed E-state index contributed by atoms with van der Waals surface area (Å²) < 4.78 is 34.4. The second-order valence-corrected chi connectivity index (χ2v) is 16.7. The summed E-state index contributed by atoms with van der Waals surface area (Å²) >= 11 is 0. The summed E-state index contributed by atoms with van der Waals surface area (Å²) in [6, 6.07) is 0. The van der Waals surface area contributed by atoms with Gasteiger partial charge in [-0.2, -0.15) is 0 Å². The number of carbonyl (C=O) groups is 1. The van der Waals surface area contributed by atoms with Crippen molar-refractivity contribution in [1.82, 2.24) is 0 Å². The van der Waals surface area contributed by atoms with Gasteiger partial charge in [0.25, 0.3) is 7.82 Å². The third-order valence-corrected chi connectivity index (χ3v) is 9.87. The van der Waals surface area contributed by atoms with E-state index in [-0.39, 0.29) is 26.2 Å². The first-order chi connectivity index (χ1) is 25.6. The predicted octanol–water partition coefficient (Wildman–Crippen LogP) is 11.7. The van der Waals surface area contributed by atoms with Crippen LogP contribution in [0.4, 0.5) is 0 Å². The molecule has 2 unspecified atom stereocenters. The van der Waals surface area contributed by atoms with E-state index in [1.807, 2.05) is 33.3 Å². The van der Waals surface area contributed by atoms with Gasteiger partial charge in [0.15, 0.2) is 0 Å². The van der Waals surface area contributed by atoms with E-state index >= 15 is 0 Å². The number of hydrogen-bond acceptors (Lipinski definition) is 7. The zero-order valence-corrected chi connectivity index (χ0v) is 35.8. The number of carbonyl (C=O) groups excluding carboxylic acids is 1. The lowest BCUT2D eigenvalue weighted by Gasteiger charge is -2.28. The van der Waals surface area contributed by atoms with Gasteiger partial charge in [-0.05, 0) is 38.5 Å². The largest absolute Gasteiger partial charge is 0.756 e. The summed E-state index contributed by atoms with van der Waals surface area (Å²) in [5, 5.41) is 0. The lowest BCUT2D eigenvalue weighted by molar-refractivity contribution is -0.870. The van der Waals surface area contributed by atoms with Crippen molar-refractivity contribution in [1.29, 1.82) is 0 Å². The Bertz CT molecular complexity index is 989. The molecule has 8 nitrogen and oxygen atoms in total. The molecule has 310 valence electrons. The number of phosphoric ester groups is 1. The first kappa shape index (κ1) is 51.5. The number of nitrogens with zero attached hydrogens (tertiary/aromatic N) is 1. The maximum absolute atomic E-state index is 12.6. The number of unbranched alkanes of at least 4 members (excludes halogenated alkanes) is 17. The van der Waals surface area contributed by atoms with Gasteiger partial charge < -0.3 is 27.9 Å². The predicted molar refractivity (Wildman–Crippen MR) is 222 cm³/mol. The third-order valence-electron chi connectivity index (χ3n) is 8.91. The molecule has 0 saturated heterocycles.